The maximum atomic E-state index is 2.51. The average Bonchev–Trinajstić information content (AvgIpc) is 3.91. The molecule has 4 aliphatic carbocycles. The van der Waals surface area contributed by atoms with Gasteiger partial charge in [-0.3, -0.25) is 0 Å². The maximum absolute atomic E-state index is 2.51. The third-order valence-corrected chi connectivity index (χ3v) is 15.0. The zero-order valence-electron chi connectivity index (χ0n) is 35.5. The molecule has 3 atom stereocenters. The predicted molar refractivity (Wildman–Crippen MR) is 263 cm³/mol. The lowest BCUT2D eigenvalue weighted by Crippen LogP contribution is -2.25. The highest BCUT2D eigenvalue weighted by atomic mass is 15.1. The predicted octanol–water partition coefficient (Wildman–Crippen LogP) is 16.1. The van der Waals surface area contributed by atoms with E-state index in [0.29, 0.717) is 11.8 Å². The molecule has 0 aliphatic heterocycles. The van der Waals surface area contributed by atoms with Crippen molar-refractivity contribution in [1.29, 1.82) is 0 Å². The zero-order chi connectivity index (χ0) is 41.9. The van der Waals surface area contributed by atoms with Crippen LogP contribution in [0.2, 0.25) is 0 Å². The summed E-state index contributed by atoms with van der Waals surface area (Å²) in [6, 6.07) is 75.3. The van der Waals surface area contributed by atoms with Gasteiger partial charge in [-0.2, -0.15) is 0 Å². The molecule has 0 amide bonds. The summed E-state index contributed by atoms with van der Waals surface area (Å²) in [6.45, 7) is 4.86. The summed E-state index contributed by atoms with van der Waals surface area (Å²) < 4.78 is 0. The van der Waals surface area contributed by atoms with Crippen LogP contribution in [0.1, 0.15) is 53.1 Å². The second kappa shape index (κ2) is 13.5. The molecule has 4 aliphatic rings. The zero-order valence-corrected chi connectivity index (χ0v) is 35.5. The molecular weight excluding hydrogens is 759 g/mol. The van der Waals surface area contributed by atoms with Crippen molar-refractivity contribution in [2.75, 3.05) is 4.90 Å². The van der Waals surface area contributed by atoms with Crippen LogP contribution in [0.25, 0.3) is 55.3 Å². The number of hydrogen-bond acceptors (Lipinski definition) is 1. The van der Waals surface area contributed by atoms with Crippen molar-refractivity contribution < 1.29 is 0 Å². The highest BCUT2D eigenvalue weighted by molar-refractivity contribution is 6.08. The van der Waals surface area contributed by atoms with Gasteiger partial charge in [-0.1, -0.05) is 208 Å². The summed E-state index contributed by atoms with van der Waals surface area (Å²) in [5.74, 6) is 0.824. The third kappa shape index (κ3) is 4.99. The first-order valence-corrected chi connectivity index (χ1v) is 22.4. The highest BCUT2D eigenvalue weighted by Gasteiger charge is 2.52. The first-order valence-electron chi connectivity index (χ1n) is 22.4. The van der Waals surface area contributed by atoms with Gasteiger partial charge in [0.1, 0.15) is 0 Å². The molecule has 63 heavy (non-hydrogen) atoms. The van der Waals surface area contributed by atoms with Crippen molar-refractivity contribution in [3.8, 4) is 44.5 Å². The summed E-state index contributed by atoms with van der Waals surface area (Å²) in [5.41, 5.74) is 21.4. The SMILES string of the molecule is CC1(C)c2cc(N(c3ccc(-c4ccccc4)cc3)c3ccccc3-c3cccc4c3-c3ccccc3C43c4ccccc4-c4c3ccc3ccccc43)ccc2C2C=CC=CC21. The fourth-order valence-electron chi connectivity index (χ4n) is 12.2. The van der Waals surface area contributed by atoms with Gasteiger partial charge in [0, 0.05) is 22.9 Å². The molecule has 298 valence electrons. The Bertz CT molecular complexity index is 3380. The second-order valence-corrected chi connectivity index (χ2v) is 18.4. The van der Waals surface area contributed by atoms with Crippen LogP contribution in [-0.2, 0) is 10.8 Å². The first-order chi connectivity index (χ1) is 31.0. The van der Waals surface area contributed by atoms with E-state index in [1.54, 1.807) is 0 Å². The van der Waals surface area contributed by atoms with Crippen LogP contribution in [0, 0.1) is 5.92 Å². The average molecular weight is 804 g/mol. The molecule has 0 heterocycles. The van der Waals surface area contributed by atoms with Crippen molar-refractivity contribution >= 4 is 27.8 Å². The van der Waals surface area contributed by atoms with Crippen molar-refractivity contribution in [2.45, 2.75) is 30.6 Å². The van der Waals surface area contributed by atoms with Crippen molar-refractivity contribution in [3.05, 3.63) is 258 Å². The van der Waals surface area contributed by atoms with Crippen LogP contribution < -0.4 is 4.90 Å². The first kappa shape index (κ1) is 36.2. The standard InChI is InChI=1S/C62H45N/c1-61(2)52-26-12-8-21-46(52)47-37-36-44(39-57(47)61)63(43-34-31-41(32-35-43)40-17-4-3-5-18-40)58-30-15-11-22-48(58)49-25-16-29-55-60(49)51-24-10-14-28-54(51)62(55)53-27-13-9-23-50(53)59-45-20-7-6-19-42(45)33-38-56(59)62/h3-39,46,52H,1-2H3. The minimum Gasteiger partial charge on any atom is -0.310 e. The quantitative estimate of drug-likeness (QED) is 0.168. The fraction of sp³-hybridized carbons (Fsp3) is 0.0968. The van der Waals surface area contributed by atoms with Crippen LogP contribution in [-0.4, -0.2) is 0 Å². The van der Waals surface area contributed by atoms with Gasteiger partial charge in [-0.05, 0) is 125 Å². The van der Waals surface area contributed by atoms with Crippen LogP contribution in [0.15, 0.2) is 224 Å². The molecule has 0 fully saturated rings. The molecule has 9 aromatic carbocycles. The molecule has 0 N–H and O–H groups in total. The van der Waals surface area contributed by atoms with E-state index in [-0.39, 0.29) is 5.41 Å². The lowest BCUT2D eigenvalue weighted by atomic mass is 9.70. The Morgan fingerprint density at radius 2 is 1.02 bits per heavy atom. The summed E-state index contributed by atoms with van der Waals surface area (Å²) in [5, 5.41) is 2.58. The molecule has 1 heteroatoms. The van der Waals surface area contributed by atoms with Crippen LogP contribution >= 0.6 is 0 Å². The topological polar surface area (TPSA) is 3.24 Å². The minimum absolute atomic E-state index is 0.0168. The number of hydrogen-bond donors (Lipinski definition) is 0. The second-order valence-electron chi connectivity index (χ2n) is 18.4. The lowest BCUT2D eigenvalue weighted by Gasteiger charge is -2.32. The lowest BCUT2D eigenvalue weighted by molar-refractivity contribution is 0.394. The summed E-state index contributed by atoms with van der Waals surface area (Å²) in [4.78, 5) is 2.51. The molecule has 0 saturated heterocycles. The Morgan fingerprint density at radius 3 is 1.83 bits per heavy atom. The van der Waals surface area contributed by atoms with E-state index in [2.05, 4.69) is 243 Å². The summed E-state index contributed by atoms with van der Waals surface area (Å²) in [6.07, 6.45) is 9.28. The Hall–Kier alpha value is -7.48. The van der Waals surface area contributed by atoms with Gasteiger partial charge in [0.25, 0.3) is 0 Å². The highest BCUT2D eigenvalue weighted by Crippen LogP contribution is 2.65. The smallest absolute Gasteiger partial charge is 0.0725 e. The Balaban J connectivity index is 1.05. The molecular formula is C62H45N. The van der Waals surface area contributed by atoms with Gasteiger partial charge in [0.2, 0.25) is 0 Å². The summed E-state index contributed by atoms with van der Waals surface area (Å²) >= 11 is 0. The van der Waals surface area contributed by atoms with Gasteiger partial charge in [0.05, 0.1) is 11.1 Å². The Kier molecular flexibility index (Phi) is 7.76. The van der Waals surface area contributed by atoms with E-state index in [1.807, 2.05) is 0 Å². The van der Waals surface area contributed by atoms with Gasteiger partial charge >= 0.3 is 0 Å². The van der Waals surface area contributed by atoms with E-state index in [0.717, 1.165) is 11.4 Å². The monoisotopic (exact) mass is 803 g/mol. The number of fused-ring (bicyclic) bond motifs is 15. The molecule has 0 aromatic heterocycles. The van der Waals surface area contributed by atoms with Crippen molar-refractivity contribution in [2.24, 2.45) is 5.92 Å². The molecule has 9 aromatic rings. The molecule has 0 radical (unpaired) electrons. The molecule has 3 unspecified atom stereocenters. The van der Waals surface area contributed by atoms with E-state index in [4.69, 9.17) is 0 Å². The molecule has 0 bridgehead atoms. The number of benzene rings is 9. The number of rotatable bonds is 5. The normalized spacial score (nSPS) is 19.0. The van der Waals surface area contributed by atoms with Gasteiger partial charge in [-0.15, -0.1) is 0 Å². The molecule has 1 nitrogen and oxygen atoms in total. The molecule has 1 spiro atoms. The minimum atomic E-state index is -0.453. The number of allylic oxidation sites excluding steroid dienone is 4. The fourth-order valence-corrected chi connectivity index (χ4v) is 12.2. The van der Waals surface area contributed by atoms with Gasteiger partial charge in [-0.25, -0.2) is 0 Å². The Morgan fingerprint density at radius 1 is 0.413 bits per heavy atom. The van der Waals surface area contributed by atoms with E-state index in [9.17, 15) is 0 Å². The van der Waals surface area contributed by atoms with Crippen LogP contribution in [0.5, 0.6) is 0 Å². The number of nitrogens with zero attached hydrogens (tertiary/aromatic N) is 1. The number of anilines is 3. The summed E-state index contributed by atoms with van der Waals surface area (Å²) in [7, 11) is 0. The Labute approximate surface area is 370 Å². The largest absolute Gasteiger partial charge is 0.310 e. The number of para-hydroxylation sites is 1. The van der Waals surface area contributed by atoms with E-state index >= 15 is 0 Å². The van der Waals surface area contributed by atoms with E-state index < -0.39 is 5.41 Å². The molecule has 0 saturated carbocycles. The molecule has 13 rings (SSSR count). The van der Waals surface area contributed by atoms with Crippen LogP contribution in [0.4, 0.5) is 17.1 Å². The maximum Gasteiger partial charge on any atom is 0.0725 e. The van der Waals surface area contributed by atoms with Crippen molar-refractivity contribution in [3.63, 3.8) is 0 Å². The van der Waals surface area contributed by atoms with Gasteiger partial charge < -0.3 is 4.90 Å². The van der Waals surface area contributed by atoms with Crippen molar-refractivity contribution in [1.82, 2.24) is 0 Å². The van der Waals surface area contributed by atoms with Gasteiger partial charge in [0.15, 0.2) is 0 Å². The van der Waals surface area contributed by atoms with E-state index in [1.165, 1.54) is 94.3 Å². The third-order valence-electron chi connectivity index (χ3n) is 15.0. The van der Waals surface area contributed by atoms with Crippen LogP contribution in [0.3, 0.4) is 0 Å².